The quantitative estimate of drug-likeness (QED) is 0.312. The number of anilines is 1. The molecule has 0 aliphatic carbocycles. The number of nitrogens with zero attached hydrogens (tertiary/aromatic N) is 4. The molecule has 4 rings (SSSR count). The molecule has 0 atom stereocenters. The average molecular weight is 444 g/mol. The molecule has 0 saturated carbocycles. The molecule has 33 heavy (non-hydrogen) atoms. The standard InChI is InChI=1S/C25H24N4O4/c30-25(28-17-15-27(16-18-28)22-7-9-23(10-8-22)29(31)32)13-6-20-4-11-24(12-5-20)33-19-21-3-1-2-14-26-21/h1-14H,15-19H2/b13-6+. The lowest BCUT2D eigenvalue weighted by atomic mass is 10.2. The maximum Gasteiger partial charge on any atom is 0.269 e. The van der Waals surface area contributed by atoms with Gasteiger partial charge in [0.25, 0.3) is 5.69 Å². The van der Waals surface area contributed by atoms with E-state index >= 15 is 0 Å². The predicted molar refractivity (Wildman–Crippen MR) is 126 cm³/mol. The van der Waals surface area contributed by atoms with Gasteiger partial charge >= 0.3 is 0 Å². The van der Waals surface area contributed by atoms with E-state index in [2.05, 4.69) is 9.88 Å². The number of piperazine rings is 1. The Morgan fingerprint density at radius 1 is 1.00 bits per heavy atom. The molecule has 2 aromatic carbocycles. The van der Waals surface area contributed by atoms with Gasteiger partial charge in [0, 0.05) is 56.3 Å². The SMILES string of the molecule is O=C(/C=C/c1ccc(OCc2ccccn2)cc1)N1CCN(c2ccc([N+](=O)[O-])cc2)CC1. The molecule has 0 spiro atoms. The van der Waals surface area contributed by atoms with E-state index in [1.165, 1.54) is 12.1 Å². The van der Waals surface area contributed by atoms with E-state index < -0.39 is 4.92 Å². The summed E-state index contributed by atoms with van der Waals surface area (Å²) in [5.74, 6) is 0.709. The highest BCUT2D eigenvalue weighted by molar-refractivity contribution is 5.92. The van der Waals surface area contributed by atoms with Gasteiger partial charge in [0.05, 0.1) is 10.6 Å². The number of carbonyl (C=O) groups is 1. The van der Waals surface area contributed by atoms with Crippen LogP contribution in [0.3, 0.4) is 0 Å². The van der Waals surface area contributed by atoms with Crippen molar-refractivity contribution in [3.05, 3.63) is 100 Å². The molecule has 1 aliphatic rings. The molecule has 1 amide bonds. The summed E-state index contributed by atoms with van der Waals surface area (Å²) in [6.07, 6.45) is 5.12. The third-order valence-electron chi connectivity index (χ3n) is 5.43. The van der Waals surface area contributed by atoms with Crippen LogP contribution in [0.15, 0.2) is 79.0 Å². The summed E-state index contributed by atoms with van der Waals surface area (Å²) in [6, 6.07) is 19.8. The van der Waals surface area contributed by atoms with Crippen LogP contribution in [0.5, 0.6) is 5.75 Å². The molecule has 0 radical (unpaired) electrons. The molecular weight excluding hydrogens is 420 g/mol. The highest BCUT2D eigenvalue weighted by Crippen LogP contribution is 2.21. The van der Waals surface area contributed by atoms with Crippen molar-refractivity contribution < 1.29 is 14.5 Å². The zero-order chi connectivity index (χ0) is 23.0. The molecule has 8 nitrogen and oxygen atoms in total. The van der Waals surface area contributed by atoms with E-state index in [9.17, 15) is 14.9 Å². The Hall–Kier alpha value is -4.20. The molecule has 8 heteroatoms. The lowest BCUT2D eigenvalue weighted by molar-refractivity contribution is -0.384. The van der Waals surface area contributed by atoms with Crippen LogP contribution in [0, 0.1) is 10.1 Å². The fourth-order valence-electron chi connectivity index (χ4n) is 3.56. The lowest BCUT2D eigenvalue weighted by Gasteiger charge is -2.35. The Labute approximate surface area is 191 Å². The van der Waals surface area contributed by atoms with Crippen LogP contribution in [-0.4, -0.2) is 46.9 Å². The van der Waals surface area contributed by atoms with Crippen LogP contribution in [0.1, 0.15) is 11.3 Å². The minimum absolute atomic E-state index is 0.0335. The van der Waals surface area contributed by atoms with Crippen LogP contribution < -0.4 is 9.64 Å². The number of rotatable bonds is 7. The Balaban J connectivity index is 1.25. The van der Waals surface area contributed by atoms with Crippen LogP contribution in [0.25, 0.3) is 6.08 Å². The number of aromatic nitrogens is 1. The zero-order valence-corrected chi connectivity index (χ0v) is 18.0. The van der Waals surface area contributed by atoms with E-state index in [1.54, 1.807) is 30.5 Å². The van der Waals surface area contributed by atoms with Gasteiger partial charge in [-0.25, -0.2) is 0 Å². The molecule has 3 aromatic rings. The first-order chi connectivity index (χ1) is 16.1. The van der Waals surface area contributed by atoms with Crippen LogP contribution in [-0.2, 0) is 11.4 Å². The molecule has 1 aromatic heterocycles. The van der Waals surface area contributed by atoms with Gasteiger partial charge in [-0.3, -0.25) is 19.9 Å². The van der Waals surface area contributed by atoms with Crippen LogP contribution in [0.2, 0.25) is 0 Å². The highest BCUT2D eigenvalue weighted by atomic mass is 16.6. The number of non-ortho nitro benzene ring substituents is 1. The number of hydrogen-bond donors (Lipinski definition) is 0. The Bertz CT molecular complexity index is 1110. The second kappa shape index (κ2) is 10.4. The molecule has 168 valence electrons. The Kier molecular flexibility index (Phi) is 6.94. The maximum absolute atomic E-state index is 12.6. The summed E-state index contributed by atoms with van der Waals surface area (Å²) in [5.41, 5.74) is 2.78. The van der Waals surface area contributed by atoms with E-state index in [0.29, 0.717) is 32.8 Å². The van der Waals surface area contributed by atoms with Gasteiger partial charge in [-0.1, -0.05) is 18.2 Å². The van der Waals surface area contributed by atoms with Crippen molar-refractivity contribution >= 4 is 23.4 Å². The fourth-order valence-corrected chi connectivity index (χ4v) is 3.56. The molecular formula is C25H24N4O4. The monoisotopic (exact) mass is 444 g/mol. The number of nitro groups is 1. The number of hydrogen-bond acceptors (Lipinski definition) is 6. The number of nitro benzene ring substituents is 1. The average Bonchev–Trinajstić information content (AvgIpc) is 2.87. The number of carbonyl (C=O) groups excluding carboxylic acids is 1. The maximum atomic E-state index is 12.6. The van der Waals surface area contributed by atoms with Gasteiger partial charge in [-0.05, 0) is 48.0 Å². The number of pyridine rings is 1. The van der Waals surface area contributed by atoms with Crippen LogP contribution >= 0.6 is 0 Å². The third kappa shape index (κ3) is 5.94. The van der Waals surface area contributed by atoms with Crippen molar-refractivity contribution in [2.45, 2.75) is 6.61 Å². The topological polar surface area (TPSA) is 88.8 Å². The largest absolute Gasteiger partial charge is 0.487 e. The first-order valence-electron chi connectivity index (χ1n) is 10.7. The van der Waals surface area contributed by atoms with Gasteiger partial charge in [-0.15, -0.1) is 0 Å². The Morgan fingerprint density at radius 3 is 2.36 bits per heavy atom. The molecule has 1 fully saturated rings. The zero-order valence-electron chi connectivity index (χ0n) is 18.0. The van der Waals surface area contributed by atoms with E-state index in [0.717, 1.165) is 22.7 Å². The number of benzene rings is 2. The Morgan fingerprint density at radius 2 is 1.73 bits per heavy atom. The van der Waals surface area contributed by atoms with Gasteiger partial charge in [0.2, 0.25) is 5.91 Å². The summed E-state index contributed by atoms with van der Waals surface area (Å²) < 4.78 is 5.73. The fraction of sp³-hybridized carbons (Fsp3) is 0.200. The number of amides is 1. The summed E-state index contributed by atoms with van der Waals surface area (Å²) >= 11 is 0. The van der Waals surface area contributed by atoms with Crippen molar-refractivity contribution in [1.82, 2.24) is 9.88 Å². The first kappa shape index (κ1) is 22.0. The summed E-state index contributed by atoms with van der Waals surface area (Å²) in [6.45, 7) is 2.96. The molecule has 0 unspecified atom stereocenters. The van der Waals surface area contributed by atoms with Gasteiger partial charge in [0.15, 0.2) is 0 Å². The van der Waals surface area contributed by atoms with Gasteiger partial charge in [0.1, 0.15) is 12.4 Å². The molecule has 2 heterocycles. The normalized spacial score (nSPS) is 13.8. The third-order valence-corrected chi connectivity index (χ3v) is 5.43. The van der Waals surface area contributed by atoms with Crippen LogP contribution in [0.4, 0.5) is 11.4 Å². The molecule has 1 saturated heterocycles. The highest BCUT2D eigenvalue weighted by Gasteiger charge is 2.20. The lowest BCUT2D eigenvalue weighted by Crippen LogP contribution is -2.48. The molecule has 0 bridgehead atoms. The van der Waals surface area contributed by atoms with E-state index in [1.807, 2.05) is 47.4 Å². The van der Waals surface area contributed by atoms with Gasteiger partial charge < -0.3 is 14.5 Å². The van der Waals surface area contributed by atoms with Crippen molar-refractivity contribution in [1.29, 1.82) is 0 Å². The minimum atomic E-state index is -0.407. The van der Waals surface area contributed by atoms with E-state index in [4.69, 9.17) is 4.74 Å². The smallest absolute Gasteiger partial charge is 0.269 e. The first-order valence-corrected chi connectivity index (χ1v) is 10.7. The second-order valence-electron chi connectivity index (χ2n) is 7.60. The number of ether oxygens (including phenoxy) is 1. The summed E-state index contributed by atoms with van der Waals surface area (Å²) in [7, 11) is 0. The minimum Gasteiger partial charge on any atom is -0.487 e. The second-order valence-corrected chi connectivity index (χ2v) is 7.60. The van der Waals surface area contributed by atoms with Gasteiger partial charge in [-0.2, -0.15) is 0 Å². The van der Waals surface area contributed by atoms with Crippen molar-refractivity contribution in [3.8, 4) is 5.75 Å². The molecule has 1 aliphatic heterocycles. The van der Waals surface area contributed by atoms with Crippen molar-refractivity contribution in [3.63, 3.8) is 0 Å². The van der Waals surface area contributed by atoms with E-state index in [-0.39, 0.29) is 11.6 Å². The molecule has 0 N–H and O–H groups in total. The summed E-state index contributed by atoms with van der Waals surface area (Å²) in [4.78, 5) is 31.1. The predicted octanol–water partition coefficient (Wildman–Crippen LogP) is 3.93. The summed E-state index contributed by atoms with van der Waals surface area (Å²) in [5, 5.41) is 10.8. The van der Waals surface area contributed by atoms with Crippen molar-refractivity contribution in [2.75, 3.05) is 31.1 Å². The van der Waals surface area contributed by atoms with Crippen molar-refractivity contribution in [2.24, 2.45) is 0 Å².